The van der Waals surface area contributed by atoms with Crippen LogP contribution in [-0.2, 0) is 20.9 Å². The van der Waals surface area contributed by atoms with Gasteiger partial charge in [0, 0.05) is 13.1 Å². The standard InChI is InChI=1S/C30H41N3O4/c1-8-19-33(28(35)25(21(3)9-2)32-29(36)37-30(5,6)7)26(24-18-14-13-15-22(24)4)27(34)31-20-23-16-11-10-12-17-23/h8,10-18,21,25-26H,1,9,19-20H2,2-7H3,(H,31,34)(H,32,36). The fraction of sp³-hybridized carbons (Fsp3) is 0.433. The number of carbonyl (C=O) groups is 3. The lowest BCUT2D eigenvalue weighted by Gasteiger charge is -2.36. The number of nitrogens with zero attached hydrogens (tertiary/aromatic N) is 1. The van der Waals surface area contributed by atoms with Gasteiger partial charge in [-0.1, -0.05) is 80.9 Å². The average molecular weight is 508 g/mol. The number of benzene rings is 2. The summed E-state index contributed by atoms with van der Waals surface area (Å²) in [4.78, 5) is 41.9. The Bertz CT molecular complexity index is 1060. The first-order valence-corrected chi connectivity index (χ1v) is 12.8. The van der Waals surface area contributed by atoms with Gasteiger partial charge in [0.25, 0.3) is 0 Å². The predicted octanol–water partition coefficient (Wildman–Crippen LogP) is 5.31. The summed E-state index contributed by atoms with van der Waals surface area (Å²) < 4.78 is 5.43. The van der Waals surface area contributed by atoms with E-state index in [1.54, 1.807) is 26.8 Å². The molecule has 2 aromatic rings. The Kier molecular flexibility index (Phi) is 10.9. The molecule has 0 aliphatic carbocycles. The van der Waals surface area contributed by atoms with Crippen LogP contribution in [0.3, 0.4) is 0 Å². The number of rotatable bonds is 11. The van der Waals surface area contributed by atoms with Crippen LogP contribution in [0.25, 0.3) is 0 Å². The van der Waals surface area contributed by atoms with E-state index in [1.807, 2.05) is 75.4 Å². The Morgan fingerprint density at radius 2 is 1.68 bits per heavy atom. The molecule has 200 valence electrons. The third-order valence-electron chi connectivity index (χ3n) is 6.11. The van der Waals surface area contributed by atoms with Gasteiger partial charge < -0.3 is 20.3 Å². The molecule has 0 saturated heterocycles. The molecule has 7 heteroatoms. The lowest BCUT2D eigenvalue weighted by Crippen LogP contribution is -2.55. The Labute approximate surface area is 221 Å². The summed E-state index contributed by atoms with van der Waals surface area (Å²) in [6.07, 6.45) is 1.56. The highest BCUT2D eigenvalue weighted by molar-refractivity contribution is 5.92. The average Bonchev–Trinajstić information content (AvgIpc) is 2.85. The van der Waals surface area contributed by atoms with E-state index < -0.39 is 23.8 Å². The quantitative estimate of drug-likeness (QED) is 0.404. The Balaban J connectivity index is 2.46. The molecule has 0 heterocycles. The number of hydrogen-bond donors (Lipinski definition) is 2. The molecule has 2 N–H and O–H groups in total. The van der Waals surface area contributed by atoms with Crippen LogP contribution < -0.4 is 10.6 Å². The molecule has 3 unspecified atom stereocenters. The molecular weight excluding hydrogens is 466 g/mol. The van der Waals surface area contributed by atoms with Crippen molar-refractivity contribution in [1.82, 2.24) is 15.5 Å². The molecule has 0 aromatic heterocycles. The number of aryl methyl sites for hydroxylation is 1. The van der Waals surface area contributed by atoms with E-state index in [4.69, 9.17) is 4.74 Å². The van der Waals surface area contributed by atoms with E-state index in [9.17, 15) is 14.4 Å². The smallest absolute Gasteiger partial charge is 0.408 e. The number of alkyl carbamates (subject to hydrolysis) is 1. The highest BCUT2D eigenvalue weighted by atomic mass is 16.6. The fourth-order valence-corrected chi connectivity index (χ4v) is 3.98. The number of amides is 3. The first kappa shape index (κ1) is 29.6. The van der Waals surface area contributed by atoms with Crippen molar-refractivity contribution in [2.24, 2.45) is 5.92 Å². The second-order valence-electron chi connectivity index (χ2n) is 10.3. The third-order valence-corrected chi connectivity index (χ3v) is 6.11. The van der Waals surface area contributed by atoms with Crippen molar-refractivity contribution < 1.29 is 19.1 Å². The largest absolute Gasteiger partial charge is 0.444 e. The molecule has 0 fully saturated rings. The SMILES string of the molecule is C=CCN(C(=O)C(NC(=O)OC(C)(C)C)C(C)CC)C(C(=O)NCc1ccccc1)c1ccccc1C. The summed E-state index contributed by atoms with van der Waals surface area (Å²) in [5, 5.41) is 5.76. The van der Waals surface area contributed by atoms with Gasteiger partial charge >= 0.3 is 6.09 Å². The van der Waals surface area contributed by atoms with E-state index in [0.717, 1.165) is 11.1 Å². The second-order valence-corrected chi connectivity index (χ2v) is 10.3. The van der Waals surface area contributed by atoms with Crippen LogP contribution >= 0.6 is 0 Å². The van der Waals surface area contributed by atoms with Crippen molar-refractivity contribution in [1.29, 1.82) is 0 Å². The maximum absolute atomic E-state index is 14.1. The molecule has 0 aliphatic rings. The van der Waals surface area contributed by atoms with Gasteiger partial charge in [0.1, 0.15) is 17.7 Å². The molecule has 0 saturated carbocycles. The van der Waals surface area contributed by atoms with Crippen LogP contribution in [0.5, 0.6) is 0 Å². The van der Waals surface area contributed by atoms with Crippen LogP contribution in [0.1, 0.15) is 63.8 Å². The normalized spacial score (nSPS) is 13.6. The molecular formula is C30H41N3O4. The molecule has 0 aliphatic heterocycles. The van der Waals surface area contributed by atoms with Crippen molar-refractivity contribution in [3.63, 3.8) is 0 Å². The van der Waals surface area contributed by atoms with Gasteiger partial charge in [0.05, 0.1) is 0 Å². The van der Waals surface area contributed by atoms with Gasteiger partial charge in [0.2, 0.25) is 11.8 Å². The molecule has 0 spiro atoms. The molecule has 2 rings (SSSR count). The molecule has 0 bridgehead atoms. The van der Waals surface area contributed by atoms with Crippen molar-refractivity contribution >= 4 is 17.9 Å². The third kappa shape index (κ3) is 8.77. The highest BCUT2D eigenvalue weighted by Crippen LogP contribution is 2.27. The van der Waals surface area contributed by atoms with Crippen molar-refractivity contribution in [2.45, 2.75) is 72.2 Å². The topological polar surface area (TPSA) is 87.7 Å². The molecule has 37 heavy (non-hydrogen) atoms. The molecule has 2 aromatic carbocycles. The zero-order chi connectivity index (χ0) is 27.6. The van der Waals surface area contributed by atoms with Gasteiger partial charge in [-0.05, 0) is 50.3 Å². The van der Waals surface area contributed by atoms with Gasteiger partial charge in [-0.2, -0.15) is 0 Å². The summed E-state index contributed by atoms with van der Waals surface area (Å²) in [5.41, 5.74) is 1.83. The lowest BCUT2D eigenvalue weighted by molar-refractivity contribution is -0.142. The predicted molar refractivity (Wildman–Crippen MR) is 147 cm³/mol. The van der Waals surface area contributed by atoms with Crippen molar-refractivity contribution in [2.75, 3.05) is 6.54 Å². The van der Waals surface area contributed by atoms with Gasteiger partial charge in [-0.15, -0.1) is 6.58 Å². The summed E-state index contributed by atoms with van der Waals surface area (Å²) in [6.45, 7) is 15.3. The maximum Gasteiger partial charge on any atom is 0.408 e. The highest BCUT2D eigenvalue weighted by Gasteiger charge is 2.38. The number of nitrogens with one attached hydrogen (secondary N) is 2. The van der Waals surface area contributed by atoms with E-state index in [0.29, 0.717) is 18.5 Å². The Morgan fingerprint density at radius 1 is 1.05 bits per heavy atom. The van der Waals surface area contributed by atoms with Gasteiger partial charge in [-0.3, -0.25) is 9.59 Å². The Morgan fingerprint density at radius 3 is 2.24 bits per heavy atom. The minimum absolute atomic E-state index is 0.125. The van der Waals surface area contributed by atoms with Crippen molar-refractivity contribution in [3.8, 4) is 0 Å². The fourth-order valence-electron chi connectivity index (χ4n) is 3.98. The van der Waals surface area contributed by atoms with Crippen LogP contribution in [-0.4, -0.2) is 41.0 Å². The molecule has 0 radical (unpaired) electrons. The van der Waals surface area contributed by atoms with Crippen LogP contribution in [0, 0.1) is 12.8 Å². The summed E-state index contributed by atoms with van der Waals surface area (Å²) in [7, 11) is 0. The number of ether oxygens (including phenoxy) is 1. The van der Waals surface area contributed by atoms with E-state index in [1.165, 1.54) is 4.90 Å². The van der Waals surface area contributed by atoms with E-state index in [-0.39, 0.29) is 24.3 Å². The minimum Gasteiger partial charge on any atom is -0.444 e. The van der Waals surface area contributed by atoms with Crippen LogP contribution in [0.4, 0.5) is 4.79 Å². The zero-order valence-electron chi connectivity index (χ0n) is 22.9. The molecule has 3 amide bonds. The maximum atomic E-state index is 14.1. The van der Waals surface area contributed by atoms with Crippen LogP contribution in [0.2, 0.25) is 0 Å². The van der Waals surface area contributed by atoms with Crippen LogP contribution in [0.15, 0.2) is 67.3 Å². The first-order valence-electron chi connectivity index (χ1n) is 12.8. The molecule has 3 atom stereocenters. The second kappa shape index (κ2) is 13.6. The Hall–Kier alpha value is -3.61. The lowest BCUT2D eigenvalue weighted by atomic mass is 9.94. The summed E-state index contributed by atoms with van der Waals surface area (Å²) in [6, 6.07) is 15.3. The van der Waals surface area contributed by atoms with E-state index in [2.05, 4.69) is 17.2 Å². The number of hydrogen-bond acceptors (Lipinski definition) is 4. The van der Waals surface area contributed by atoms with Gasteiger partial charge in [0.15, 0.2) is 0 Å². The minimum atomic E-state index is -0.914. The van der Waals surface area contributed by atoms with E-state index >= 15 is 0 Å². The monoisotopic (exact) mass is 507 g/mol. The first-order chi connectivity index (χ1) is 17.5. The molecule has 7 nitrogen and oxygen atoms in total. The number of carbonyl (C=O) groups excluding carboxylic acids is 3. The van der Waals surface area contributed by atoms with Gasteiger partial charge in [-0.25, -0.2) is 4.79 Å². The zero-order valence-corrected chi connectivity index (χ0v) is 22.9. The van der Waals surface area contributed by atoms with Crippen molar-refractivity contribution in [3.05, 3.63) is 83.9 Å². The summed E-state index contributed by atoms with van der Waals surface area (Å²) >= 11 is 0. The summed E-state index contributed by atoms with van der Waals surface area (Å²) in [5.74, 6) is -0.881.